The molecule has 0 fully saturated rings. The minimum atomic E-state index is -0.204. The van der Waals surface area contributed by atoms with Gasteiger partial charge in [0.25, 0.3) is 0 Å². The summed E-state index contributed by atoms with van der Waals surface area (Å²) in [7, 11) is 1.65. The van der Waals surface area contributed by atoms with E-state index in [4.69, 9.17) is 9.47 Å². The summed E-state index contributed by atoms with van der Waals surface area (Å²) in [6.45, 7) is 2.22. The molecule has 4 nitrogen and oxygen atoms in total. The first kappa shape index (κ1) is 15.2. The molecule has 23 heavy (non-hydrogen) atoms. The van der Waals surface area contributed by atoms with E-state index in [1.807, 2.05) is 61.7 Å². The van der Waals surface area contributed by atoms with Crippen molar-refractivity contribution in [3.05, 3.63) is 60.3 Å². The van der Waals surface area contributed by atoms with Gasteiger partial charge in [-0.15, -0.1) is 0 Å². The number of esters is 1. The van der Waals surface area contributed by atoms with Gasteiger partial charge in [0.1, 0.15) is 5.75 Å². The number of ether oxygens (including phenoxy) is 2. The highest BCUT2D eigenvalue weighted by atomic mass is 16.5. The third-order valence-electron chi connectivity index (χ3n) is 3.79. The molecule has 4 heteroatoms. The van der Waals surface area contributed by atoms with Gasteiger partial charge in [-0.2, -0.15) is 0 Å². The maximum Gasteiger partial charge on any atom is 0.310 e. The molecule has 0 aliphatic carbocycles. The van der Waals surface area contributed by atoms with Gasteiger partial charge in [-0.3, -0.25) is 4.79 Å². The largest absolute Gasteiger partial charge is 0.497 e. The fourth-order valence-electron chi connectivity index (χ4n) is 2.72. The molecule has 0 bridgehead atoms. The molecule has 0 unspecified atom stereocenters. The van der Waals surface area contributed by atoms with Crippen LogP contribution in [0.5, 0.6) is 5.75 Å². The molecule has 0 aliphatic rings. The second-order valence-corrected chi connectivity index (χ2v) is 5.22. The van der Waals surface area contributed by atoms with Gasteiger partial charge in [0.2, 0.25) is 0 Å². The third-order valence-corrected chi connectivity index (χ3v) is 3.79. The van der Waals surface area contributed by atoms with Crippen molar-refractivity contribution in [1.29, 1.82) is 0 Å². The zero-order valence-electron chi connectivity index (χ0n) is 13.3. The molecule has 1 heterocycles. The second kappa shape index (κ2) is 6.57. The molecule has 0 aliphatic heterocycles. The normalized spacial score (nSPS) is 10.7. The number of hydrogen-bond donors (Lipinski definition) is 0. The minimum Gasteiger partial charge on any atom is -0.497 e. The molecule has 0 saturated carbocycles. The Labute approximate surface area is 135 Å². The summed E-state index contributed by atoms with van der Waals surface area (Å²) in [6.07, 6.45) is 2.28. The van der Waals surface area contributed by atoms with Gasteiger partial charge in [-0.1, -0.05) is 18.2 Å². The Balaban J connectivity index is 2.04. The van der Waals surface area contributed by atoms with Gasteiger partial charge >= 0.3 is 5.97 Å². The second-order valence-electron chi connectivity index (χ2n) is 5.22. The van der Waals surface area contributed by atoms with Crippen LogP contribution in [0, 0.1) is 0 Å². The van der Waals surface area contributed by atoms with Crippen molar-refractivity contribution >= 4 is 16.9 Å². The van der Waals surface area contributed by atoms with Crippen molar-refractivity contribution in [2.75, 3.05) is 13.7 Å². The highest BCUT2D eigenvalue weighted by molar-refractivity contribution is 5.89. The van der Waals surface area contributed by atoms with Gasteiger partial charge < -0.3 is 14.0 Å². The van der Waals surface area contributed by atoms with E-state index in [2.05, 4.69) is 4.57 Å². The predicted octanol–water partition coefficient (Wildman–Crippen LogP) is 3.74. The van der Waals surface area contributed by atoms with Crippen molar-refractivity contribution in [2.45, 2.75) is 13.3 Å². The number of para-hydroxylation sites is 1. The Kier molecular flexibility index (Phi) is 4.33. The lowest BCUT2D eigenvalue weighted by Gasteiger charge is -2.06. The summed E-state index contributed by atoms with van der Waals surface area (Å²) in [6, 6.07) is 15.9. The van der Waals surface area contributed by atoms with Crippen LogP contribution in [0.15, 0.2) is 54.7 Å². The lowest BCUT2D eigenvalue weighted by atomic mass is 10.1. The monoisotopic (exact) mass is 309 g/mol. The topological polar surface area (TPSA) is 40.5 Å². The number of carbonyl (C=O) groups is 1. The Morgan fingerprint density at radius 1 is 1.09 bits per heavy atom. The number of nitrogens with zero attached hydrogens (tertiary/aromatic N) is 1. The van der Waals surface area contributed by atoms with Gasteiger partial charge in [0, 0.05) is 17.3 Å². The molecule has 0 N–H and O–H groups in total. The van der Waals surface area contributed by atoms with E-state index < -0.39 is 0 Å². The van der Waals surface area contributed by atoms with Crippen LogP contribution in [0.4, 0.5) is 0 Å². The maximum absolute atomic E-state index is 11.8. The zero-order chi connectivity index (χ0) is 16.2. The van der Waals surface area contributed by atoms with Crippen molar-refractivity contribution < 1.29 is 14.3 Å². The Bertz CT molecular complexity index is 818. The van der Waals surface area contributed by atoms with Gasteiger partial charge in [0.15, 0.2) is 0 Å². The van der Waals surface area contributed by atoms with Gasteiger partial charge in [-0.25, -0.2) is 0 Å². The van der Waals surface area contributed by atoms with Crippen LogP contribution in [0.2, 0.25) is 0 Å². The summed E-state index contributed by atoms with van der Waals surface area (Å²) >= 11 is 0. The molecule has 0 amide bonds. The number of hydrogen-bond acceptors (Lipinski definition) is 3. The van der Waals surface area contributed by atoms with Crippen LogP contribution in [0.25, 0.3) is 16.6 Å². The molecular formula is C19H19NO3. The molecule has 0 saturated heterocycles. The molecular weight excluding hydrogens is 290 g/mol. The number of methoxy groups -OCH3 is 1. The van der Waals surface area contributed by atoms with Crippen molar-refractivity contribution in [2.24, 2.45) is 0 Å². The number of carbonyl (C=O) groups excluding carboxylic acids is 1. The van der Waals surface area contributed by atoms with E-state index in [9.17, 15) is 4.79 Å². The van der Waals surface area contributed by atoms with E-state index in [0.29, 0.717) is 6.61 Å². The SMILES string of the molecule is CCOC(=O)Cc1cn(-c2ccc(OC)cc2)c2ccccc12. The van der Waals surface area contributed by atoms with Crippen molar-refractivity contribution in [1.82, 2.24) is 4.57 Å². The first-order chi connectivity index (χ1) is 11.2. The first-order valence-corrected chi connectivity index (χ1v) is 7.62. The Morgan fingerprint density at radius 2 is 1.83 bits per heavy atom. The molecule has 118 valence electrons. The van der Waals surface area contributed by atoms with E-state index in [-0.39, 0.29) is 12.4 Å². The maximum atomic E-state index is 11.8. The highest BCUT2D eigenvalue weighted by Crippen LogP contribution is 2.26. The molecule has 2 aromatic carbocycles. The van der Waals surface area contributed by atoms with Crippen LogP contribution >= 0.6 is 0 Å². The molecule has 3 aromatic rings. The minimum absolute atomic E-state index is 0.204. The zero-order valence-corrected chi connectivity index (χ0v) is 13.3. The summed E-state index contributed by atoms with van der Waals surface area (Å²) in [5.74, 6) is 0.613. The van der Waals surface area contributed by atoms with Gasteiger partial charge in [0.05, 0.1) is 25.7 Å². The highest BCUT2D eigenvalue weighted by Gasteiger charge is 2.13. The quantitative estimate of drug-likeness (QED) is 0.674. The fraction of sp³-hybridized carbons (Fsp3) is 0.211. The summed E-state index contributed by atoms with van der Waals surface area (Å²) < 4.78 is 12.4. The average molecular weight is 309 g/mol. The summed E-state index contributed by atoms with van der Waals surface area (Å²) in [5.41, 5.74) is 3.06. The lowest BCUT2D eigenvalue weighted by molar-refractivity contribution is -0.142. The predicted molar refractivity (Wildman–Crippen MR) is 90.2 cm³/mol. The molecule has 0 spiro atoms. The Hall–Kier alpha value is -2.75. The van der Waals surface area contributed by atoms with Crippen molar-refractivity contribution in [3.63, 3.8) is 0 Å². The average Bonchev–Trinajstić information content (AvgIpc) is 2.94. The Morgan fingerprint density at radius 3 is 2.52 bits per heavy atom. The van der Waals surface area contributed by atoms with Crippen LogP contribution in [0.1, 0.15) is 12.5 Å². The van der Waals surface area contributed by atoms with E-state index in [0.717, 1.165) is 27.9 Å². The number of aromatic nitrogens is 1. The molecule has 0 radical (unpaired) electrons. The van der Waals surface area contributed by atoms with E-state index in [1.54, 1.807) is 7.11 Å². The number of fused-ring (bicyclic) bond motifs is 1. The number of rotatable bonds is 5. The first-order valence-electron chi connectivity index (χ1n) is 7.62. The molecule has 0 atom stereocenters. The smallest absolute Gasteiger partial charge is 0.310 e. The number of benzene rings is 2. The van der Waals surface area contributed by atoms with Crippen molar-refractivity contribution in [3.8, 4) is 11.4 Å². The van der Waals surface area contributed by atoms with Crippen LogP contribution in [-0.2, 0) is 16.0 Å². The van der Waals surface area contributed by atoms with Crippen LogP contribution in [-0.4, -0.2) is 24.3 Å². The fourth-order valence-corrected chi connectivity index (χ4v) is 2.72. The van der Waals surface area contributed by atoms with Crippen LogP contribution in [0.3, 0.4) is 0 Å². The standard InChI is InChI=1S/C19H19NO3/c1-3-23-19(21)12-14-13-20(18-7-5-4-6-17(14)18)15-8-10-16(22-2)11-9-15/h4-11,13H,3,12H2,1-2H3. The van der Waals surface area contributed by atoms with Crippen LogP contribution < -0.4 is 4.74 Å². The molecule has 1 aromatic heterocycles. The summed E-state index contributed by atoms with van der Waals surface area (Å²) in [4.78, 5) is 11.8. The van der Waals surface area contributed by atoms with Gasteiger partial charge in [-0.05, 0) is 42.8 Å². The third kappa shape index (κ3) is 3.06. The lowest BCUT2D eigenvalue weighted by Crippen LogP contribution is -2.07. The van der Waals surface area contributed by atoms with E-state index >= 15 is 0 Å². The van der Waals surface area contributed by atoms with E-state index in [1.165, 1.54) is 0 Å². The molecule has 3 rings (SSSR count). The summed E-state index contributed by atoms with van der Waals surface area (Å²) in [5, 5.41) is 1.07.